The van der Waals surface area contributed by atoms with E-state index in [1.165, 1.54) is 12.1 Å². The van der Waals surface area contributed by atoms with Crippen molar-refractivity contribution < 1.29 is 13.9 Å². The monoisotopic (exact) mass is 352 g/mol. The van der Waals surface area contributed by atoms with Crippen LogP contribution in [-0.2, 0) is 0 Å². The number of nitrogens with one attached hydrogen (secondary N) is 1. The Bertz CT molecular complexity index is 659. The van der Waals surface area contributed by atoms with Gasteiger partial charge in [0.05, 0.1) is 11.1 Å². The molecule has 0 heterocycles. The van der Waals surface area contributed by atoms with Crippen LogP contribution in [0, 0.1) is 11.2 Å². The predicted molar refractivity (Wildman–Crippen MR) is 82.8 cm³/mol. The molecule has 0 saturated heterocycles. The van der Waals surface area contributed by atoms with Crippen LogP contribution in [0.25, 0.3) is 0 Å². The van der Waals surface area contributed by atoms with E-state index >= 15 is 0 Å². The van der Waals surface area contributed by atoms with E-state index < -0.39 is 5.82 Å². The molecule has 0 bridgehead atoms. The fourth-order valence-corrected chi connectivity index (χ4v) is 2.26. The Morgan fingerprint density at radius 1 is 1.19 bits per heavy atom. The maximum absolute atomic E-state index is 14.2. The van der Waals surface area contributed by atoms with Gasteiger partial charge in [-0.1, -0.05) is 0 Å². The van der Waals surface area contributed by atoms with Crippen molar-refractivity contribution in [3.05, 3.63) is 52.3 Å². The first-order valence-electron chi connectivity index (χ1n) is 6.26. The maximum atomic E-state index is 14.2. The van der Waals surface area contributed by atoms with Crippen LogP contribution in [0.3, 0.4) is 0 Å². The van der Waals surface area contributed by atoms with Gasteiger partial charge in [0, 0.05) is 5.56 Å². The zero-order valence-electron chi connectivity index (χ0n) is 11.3. The number of nitrogen functional groups attached to an aromatic ring is 1. The van der Waals surface area contributed by atoms with E-state index in [0.29, 0.717) is 12.4 Å². The molecule has 0 atom stereocenters. The molecule has 0 amide bonds. The van der Waals surface area contributed by atoms with Gasteiger partial charge < -0.3 is 15.2 Å². The molecule has 0 radical (unpaired) electrons. The van der Waals surface area contributed by atoms with Gasteiger partial charge in [0.2, 0.25) is 0 Å². The Morgan fingerprint density at radius 3 is 2.38 bits per heavy atom. The van der Waals surface area contributed by atoms with Crippen LogP contribution in [0.2, 0.25) is 0 Å². The summed E-state index contributed by atoms with van der Waals surface area (Å²) < 4.78 is 25.1. The first kappa shape index (κ1) is 15.3. The lowest BCUT2D eigenvalue weighted by atomic mass is 10.2. The van der Waals surface area contributed by atoms with E-state index in [1.54, 1.807) is 24.3 Å². The summed E-state index contributed by atoms with van der Waals surface area (Å²) in [4.78, 5) is 0. The first-order chi connectivity index (χ1) is 10.0. The van der Waals surface area contributed by atoms with Gasteiger partial charge in [-0.25, -0.2) is 4.39 Å². The van der Waals surface area contributed by atoms with Crippen LogP contribution in [0.1, 0.15) is 12.5 Å². The number of halogens is 2. The summed E-state index contributed by atoms with van der Waals surface area (Å²) >= 11 is 3.08. The summed E-state index contributed by atoms with van der Waals surface area (Å²) in [6.07, 6.45) is 0. The predicted octanol–water partition coefficient (Wildman–Crippen LogP) is 4.06. The third-order valence-electron chi connectivity index (χ3n) is 2.70. The lowest BCUT2D eigenvalue weighted by Crippen LogP contribution is -2.12. The van der Waals surface area contributed by atoms with Gasteiger partial charge in [0.1, 0.15) is 17.3 Å². The van der Waals surface area contributed by atoms with Gasteiger partial charge in [0.15, 0.2) is 11.6 Å². The highest BCUT2D eigenvalue weighted by Gasteiger charge is 2.14. The molecule has 2 aromatic carbocycles. The van der Waals surface area contributed by atoms with Crippen molar-refractivity contribution >= 4 is 21.8 Å². The normalized spacial score (nSPS) is 10.2. The van der Waals surface area contributed by atoms with Gasteiger partial charge in [-0.2, -0.15) is 0 Å². The summed E-state index contributed by atoms with van der Waals surface area (Å²) in [5.74, 6) is 0.444. The molecule has 0 aliphatic rings. The Hall–Kier alpha value is -2.08. The molecule has 0 spiro atoms. The highest BCUT2D eigenvalue weighted by molar-refractivity contribution is 9.10. The smallest absolute Gasteiger partial charge is 0.180 e. The summed E-state index contributed by atoms with van der Waals surface area (Å²) in [6.45, 7) is 2.47. The number of rotatable bonds is 5. The fourth-order valence-electron chi connectivity index (χ4n) is 1.72. The van der Waals surface area contributed by atoms with Gasteiger partial charge in [-0.3, -0.25) is 5.41 Å². The average molecular weight is 353 g/mol. The van der Waals surface area contributed by atoms with Crippen LogP contribution in [0.15, 0.2) is 40.9 Å². The summed E-state index contributed by atoms with van der Waals surface area (Å²) in [5, 5.41) is 7.35. The lowest BCUT2D eigenvalue weighted by molar-refractivity contribution is 0.339. The van der Waals surface area contributed by atoms with E-state index in [9.17, 15) is 4.39 Å². The molecule has 2 aromatic rings. The molecule has 0 aliphatic heterocycles. The van der Waals surface area contributed by atoms with Crippen LogP contribution >= 0.6 is 15.9 Å². The lowest BCUT2D eigenvalue weighted by Gasteiger charge is -2.11. The van der Waals surface area contributed by atoms with Crippen molar-refractivity contribution in [2.24, 2.45) is 5.73 Å². The highest BCUT2D eigenvalue weighted by atomic mass is 79.9. The van der Waals surface area contributed by atoms with E-state index in [4.69, 9.17) is 20.6 Å². The van der Waals surface area contributed by atoms with Gasteiger partial charge >= 0.3 is 0 Å². The molecule has 3 N–H and O–H groups in total. The van der Waals surface area contributed by atoms with E-state index in [-0.39, 0.29) is 21.6 Å². The van der Waals surface area contributed by atoms with Crippen LogP contribution in [0.4, 0.5) is 4.39 Å². The summed E-state index contributed by atoms with van der Waals surface area (Å²) in [5.41, 5.74) is 5.65. The van der Waals surface area contributed by atoms with Crippen LogP contribution in [0.5, 0.6) is 17.2 Å². The molecule has 4 nitrogen and oxygen atoms in total. The van der Waals surface area contributed by atoms with Crippen LogP contribution < -0.4 is 15.2 Å². The maximum Gasteiger partial charge on any atom is 0.180 e. The second kappa shape index (κ2) is 6.58. The standard InChI is InChI=1S/C15H14BrFN2O2/c1-2-20-9-3-5-10(6-4-9)21-12-8-7-11(15(18)19)13(16)14(12)17/h3-8H,2H2,1H3,(H3,18,19). The summed E-state index contributed by atoms with van der Waals surface area (Å²) in [7, 11) is 0. The molecular formula is C15H14BrFN2O2. The number of nitrogens with two attached hydrogens (primary N) is 1. The zero-order chi connectivity index (χ0) is 15.4. The van der Waals surface area contributed by atoms with E-state index in [0.717, 1.165) is 5.75 Å². The number of benzene rings is 2. The minimum absolute atomic E-state index is 0.0519. The second-order valence-electron chi connectivity index (χ2n) is 4.16. The number of amidine groups is 1. The van der Waals surface area contributed by atoms with Gasteiger partial charge in [-0.15, -0.1) is 0 Å². The van der Waals surface area contributed by atoms with Crippen molar-refractivity contribution in [1.82, 2.24) is 0 Å². The summed E-state index contributed by atoms with van der Waals surface area (Å²) in [6, 6.07) is 9.84. The minimum atomic E-state index is -0.600. The first-order valence-corrected chi connectivity index (χ1v) is 7.05. The Balaban J connectivity index is 2.23. The molecule has 0 saturated carbocycles. The zero-order valence-corrected chi connectivity index (χ0v) is 12.9. The van der Waals surface area contributed by atoms with Crippen molar-refractivity contribution in [3.63, 3.8) is 0 Å². The molecule has 0 unspecified atom stereocenters. The molecule has 0 aromatic heterocycles. The molecule has 0 aliphatic carbocycles. The number of hydrogen-bond donors (Lipinski definition) is 2. The Kier molecular flexibility index (Phi) is 4.80. The van der Waals surface area contributed by atoms with Crippen molar-refractivity contribution in [1.29, 1.82) is 5.41 Å². The van der Waals surface area contributed by atoms with Crippen molar-refractivity contribution in [3.8, 4) is 17.2 Å². The van der Waals surface area contributed by atoms with E-state index in [2.05, 4.69) is 15.9 Å². The third kappa shape index (κ3) is 3.52. The molecule has 0 fully saturated rings. The minimum Gasteiger partial charge on any atom is -0.494 e. The molecule has 21 heavy (non-hydrogen) atoms. The van der Waals surface area contributed by atoms with Crippen molar-refractivity contribution in [2.75, 3.05) is 6.61 Å². The van der Waals surface area contributed by atoms with Gasteiger partial charge in [-0.05, 0) is 59.3 Å². The van der Waals surface area contributed by atoms with Crippen molar-refractivity contribution in [2.45, 2.75) is 6.92 Å². The molecule has 2 rings (SSSR count). The number of hydrogen-bond acceptors (Lipinski definition) is 3. The second-order valence-corrected chi connectivity index (χ2v) is 4.95. The number of ether oxygens (including phenoxy) is 2. The van der Waals surface area contributed by atoms with Gasteiger partial charge in [0.25, 0.3) is 0 Å². The molecule has 110 valence electrons. The average Bonchev–Trinajstić information content (AvgIpc) is 2.46. The third-order valence-corrected chi connectivity index (χ3v) is 3.47. The van der Waals surface area contributed by atoms with Crippen LogP contribution in [-0.4, -0.2) is 12.4 Å². The molecule has 6 heteroatoms. The highest BCUT2D eigenvalue weighted by Crippen LogP contribution is 2.32. The SMILES string of the molecule is CCOc1ccc(Oc2ccc(C(=N)N)c(Br)c2F)cc1. The van der Waals surface area contributed by atoms with E-state index in [1.807, 2.05) is 6.92 Å². The Morgan fingerprint density at radius 2 is 1.81 bits per heavy atom. The topological polar surface area (TPSA) is 68.3 Å². The Labute approximate surface area is 130 Å². The molecular weight excluding hydrogens is 339 g/mol. The fraction of sp³-hybridized carbons (Fsp3) is 0.133. The quantitative estimate of drug-likeness (QED) is 0.629. The largest absolute Gasteiger partial charge is 0.494 e.